The zero-order chi connectivity index (χ0) is 7.56. The van der Waals surface area contributed by atoms with E-state index in [9.17, 15) is 0 Å². The normalized spacial score (nSPS) is 17.6. The third-order valence-corrected chi connectivity index (χ3v) is 1.38. The van der Waals surface area contributed by atoms with Gasteiger partial charge < -0.3 is 14.7 Å². The first kappa shape index (κ1) is 7.75. The van der Waals surface area contributed by atoms with Crippen molar-refractivity contribution in [3.05, 3.63) is 12.4 Å². The summed E-state index contributed by atoms with van der Waals surface area (Å²) in [5, 5.41) is 1.35. The van der Waals surface area contributed by atoms with E-state index in [1.165, 1.54) is 5.06 Å². The molecule has 0 aromatic rings. The lowest BCUT2D eigenvalue weighted by atomic mass is 10.9. The zero-order valence-electron chi connectivity index (χ0n) is 5.51. The third kappa shape index (κ3) is 2.11. The van der Waals surface area contributed by atoms with Crippen LogP contribution in [-0.4, -0.2) is 33.5 Å². The maximum atomic E-state index is 8.40. The van der Waals surface area contributed by atoms with E-state index in [0.29, 0.717) is 6.67 Å². The molecule has 0 saturated heterocycles. The molecule has 1 aliphatic rings. The van der Waals surface area contributed by atoms with Crippen LogP contribution in [0.15, 0.2) is 12.4 Å². The van der Waals surface area contributed by atoms with Gasteiger partial charge in [0.25, 0.3) is 0 Å². The van der Waals surface area contributed by atoms with E-state index >= 15 is 0 Å². The largest absolute Gasteiger partial charge is 0.360 e. The van der Waals surface area contributed by atoms with E-state index in [1.54, 1.807) is 12.4 Å². The summed E-state index contributed by atoms with van der Waals surface area (Å²) in [7, 11) is -0.425. The summed E-state index contributed by atoms with van der Waals surface area (Å²) in [6, 6.07) is 0. The second kappa shape index (κ2) is 3.16. The Balaban J connectivity index is 2.26. The molecule has 10 heavy (non-hydrogen) atoms. The molecule has 0 aromatic heterocycles. The molecule has 1 rings (SSSR count). The van der Waals surface area contributed by atoms with Crippen LogP contribution < -0.4 is 0 Å². The molecule has 0 aliphatic carbocycles. The fourth-order valence-electron chi connectivity index (χ4n) is 0.649. The zero-order valence-corrected chi connectivity index (χ0v) is 6.40. The predicted octanol–water partition coefficient (Wildman–Crippen LogP) is -0.194. The first-order valence-electron chi connectivity index (χ1n) is 2.69. The molecular formula is C4H9N2O3P. The second-order valence-corrected chi connectivity index (χ2v) is 2.62. The Labute approximate surface area is 60.1 Å². The van der Waals surface area contributed by atoms with E-state index in [0.717, 1.165) is 0 Å². The molecule has 6 heteroatoms. The van der Waals surface area contributed by atoms with Gasteiger partial charge in [0, 0.05) is 19.4 Å². The summed E-state index contributed by atoms with van der Waals surface area (Å²) in [4.78, 5) is 18.7. The van der Waals surface area contributed by atoms with Gasteiger partial charge >= 0.3 is 8.60 Å². The Morgan fingerprint density at radius 1 is 1.50 bits per heavy atom. The molecule has 1 heterocycles. The monoisotopic (exact) mass is 164 g/mol. The van der Waals surface area contributed by atoms with Crippen molar-refractivity contribution in [2.45, 2.75) is 0 Å². The van der Waals surface area contributed by atoms with Gasteiger partial charge in [0.15, 0.2) is 0 Å². The quantitative estimate of drug-likeness (QED) is 0.554. The summed E-state index contributed by atoms with van der Waals surface area (Å²) in [5.74, 6) is 0. The van der Waals surface area contributed by atoms with Crippen LogP contribution in [0.2, 0.25) is 0 Å². The van der Waals surface area contributed by atoms with Crippen molar-refractivity contribution in [3.8, 4) is 0 Å². The van der Waals surface area contributed by atoms with E-state index in [2.05, 4.69) is 4.62 Å². The smallest absolute Gasteiger partial charge is 0.350 e. The number of nitrogens with zero attached hydrogens (tertiary/aromatic N) is 2. The Kier molecular flexibility index (Phi) is 2.45. The van der Waals surface area contributed by atoms with E-state index in [-0.39, 0.29) is 0 Å². The highest BCUT2D eigenvalue weighted by molar-refractivity contribution is 7.39. The highest BCUT2D eigenvalue weighted by atomic mass is 31.2. The maximum Gasteiger partial charge on any atom is 0.350 e. The van der Waals surface area contributed by atoms with E-state index < -0.39 is 8.60 Å². The predicted molar refractivity (Wildman–Crippen MR) is 36.1 cm³/mol. The molecule has 5 nitrogen and oxygen atoms in total. The summed E-state index contributed by atoms with van der Waals surface area (Å²) in [6.07, 6.45) is 3.40. The van der Waals surface area contributed by atoms with Gasteiger partial charge in [-0.2, -0.15) is 4.62 Å². The van der Waals surface area contributed by atoms with Crippen molar-refractivity contribution in [3.63, 3.8) is 0 Å². The highest BCUT2D eigenvalue weighted by Gasteiger charge is 2.12. The lowest BCUT2D eigenvalue weighted by Gasteiger charge is -2.16. The minimum Gasteiger partial charge on any atom is -0.360 e. The second-order valence-electron chi connectivity index (χ2n) is 1.95. The van der Waals surface area contributed by atoms with Crippen LogP contribution in [0.4, 0.5) is 0 Å². The molecule has 0 radical (unpaired) electrons. The first-order chi connectivity index (χ1) is 4.68. The standard InChI is InChI=1S/C4H9N2O3P/c1-5-2-3-6(4-5)9-10(7)8/h2-3,7-8H,4H2,1H3. The number of hydrogen-bond donors (Lipinski definition) is 2. The Hall–Kier alpha value is -0.350. The molecule has 2 N–H and O–H groups in total. The fraction of sp³-hybridized carbons (Fsp3) is 0.500. The molecule has 0 amide bonds. The minimum atomic E-state index is -2.28. The van der Waals surface area contributed by atoms with Crippen molar-refractivity contribution >= 4 is 8.60 Å². The van der Waals surface area contributed by atoms with Gasteiger partial charge in [-0.15, -0.1) is 0 Å². The number of hydroxylamine groups is 2. The van der Waals surface area contributed by atoms with Crippen molar-refractivity contribution < 1.29 is 14.4 Å². The molecule has 58 valence electrons. The van der Waals surface area contributed by atoms with Gasteiger partial charge in [0.1, 0.15) is 6.67 Å². The lowest BCUT2D eigenvalue weighted by molar-refractivity contribution is -0.0301. The SMILES string of the molecule is CN1C=CN(OP(O)O)C1. The number of rotatable bonds is 2. The van der Waals surface area contributed by atoms with Crippen molar-refractivity contribution in [2.24, 2.45) is 0 Å². The van der Waals surface area contributed by atoms with Crippen molar-refractivity contribution in [1.82, 2.24) is 9.96 Å². The van der Waals surface area contributed by atoms with Crippen LogP contribution >= 0.6 is 8.60 Å². The molecule has 0 fully saturated rings. The fourth-order valence-corrected chi connectivity index (χ4v) is 0.943. The Morgan fingerprint density at radius 2 is 2.20 bits per heavy atom. The molecule has 1 aliphatic heterocycles. The third-order valence-electron chi connectivity index (χ3n) is 1.03. The average Bonchev–Trinajstić information content (AvgIpc) is 2.13. The van der Waals surface area contributed by atoms with Gasteiger partial charge in [0.05, 0.1) is 0 Å². The number of hydrogen-bond acceptors (Lipinski definition) is 5. The topological polar surface area (TPSA) is 56.2 Å². The maximum absolute atomic E-state index is 8.40. The average molecular weight is 164 g/mol. The molecule has 0 aromatic carbocycles. The molecule has 0 spiro atoms. The van der Waals surface area contributed by atoms with Crippen LogP contribution in [0.25, 0.3) is 0 Å². The molecule has 0 unspecified atom stereocenters. The van der Waals surface area contributed by atoms with Crippen LogP contribution in [0.5, 0.6) is 0 Å². The van der Waals surface area contributed by atoms with Crippen LogP contribution in [0.3, 0.4) is 0 Å². The van der Waals surface area contributed by atoms with E-state index in [1.807, 2.05) is 11.9 Å². The first-order valence-corrected chi connectivity index (χ1v) is 3.86. The molecule has 0 atom stereocenters. The van der Waals surface area contributed by atoms with Crippen LogP contribution in [0, 0.1) is 0 Å². The Morgan fingerprint density at radius 3 is 2.60 bits per heavy atom. The van der Waals surface area contributed by atoms with Gasteiger partial charge in [-0.05, 0) is 0 Å². The van der Waals surface area contributed by atoms with Crippen molar-refractivity contribution in [1.29, 1.82) is 0 Å². The van der Waals surface area contributed by atoms with Crippen molar-refractivity contribution in [2.75, 3.05) is 13.7 Å². The summed E-state index contributed by atoms with van der Waals surface area (Å²) in [5.41, 5.74) is 0. The molecule has 0 bridgehead atoms. The minimum absolute atomic E-state index is 0.528. The van der Waals surface area contributed by atoms with Gasteiger partial charge in [0.2, 0.25) is 0 Å². The highest BCUT2D eigenvalue weighted by Crippen LogP contribution is 2.27. The van der Waals surface area contributed by atoms with Gasteiger partial charge in [-0.1, -0.05) is 0 Å². The molecule has 0 saturated carbocycles. The summed E-state index contributed by atoms with van der Waals surface area (Å²) in [6.45, 7) is 0.528. The Bertz CT molecular complexity index is 140. The van der Waals surface area contributed by atoms with Gasteiger partial charge in [-0.25, -0.2) is 5.06 Å². The van der Waals surface area contributed by atoms with Crippen LogP contribution in [0.1, 0.15) is 0 Å². The lowest BCUT2D eigenvalue weighted by Crippen LogP contribution is -2.20. The molecular weight excluding hydrogens is 155 g/mol. The summed E-state index contributed by atoms with van der Waals surface area (Å²) < 4.78 is 4.56. The van der Waals surface area contributed by atoms with Crippen LogP contribution in [-0.2, 0) is 4.62 Å². The van der Waals surface area contributed by atoms with Gasteiger partial charge in [-0.3, -0.25) is 0 Å². The van der Waals surface area contributed by atoms with E-state index in [4.69, 9.17) is 9.79 Å². The summed E-state index contributed by atoms with van der Waals surface area (Å²) >= 11 is 0.